The second kappa shape index (κ2) is 5.24. The maximum atomic E-state index is 11.3. The highest BCUT2D eigenvalue weighted by molar-refractivity contribution is 5.86. The first kappa shape index (κ1) is 15.1. The van der Waals surface area contributed by atoms with E-state index in [4.69, 9.17) is 4.42 Å². The van der Waals surface area contributed by atoms with Gasteiger partial charge in [0.2, 0.25) is 11.7 Å². The van der Waals surface area contributed by atoms with Crippen LogP contribution in [0.5, 0.6) is 0 Å². The van der Waals surface area contributed by atoms with Gasteiger partial charge >= 0.3 is 5.97 Å². The van der Waals surface area contributed by atoms with Crippen molar-refractivity contribution in [2.75, 3.05) is 19.0 Å². The molecule has 1 heterocycles. The van der Waals surface area contributed by atoms with Crippen molar-refractivity contribution in [3.63, 3.8) is 0 Å². The lowest BCUT2D eigenvalue weighted by Crippen LogP contribution is -2.16. The van der Waals surface area contributed by atoms with Crippen molar-refractivity contribution in [3.8, 4) is 11.5 Å². The average molecular weight is 288 g/mol. The standard InChI is InChI=1S/C16H20N2O3/c1-16(2,3)13-12(15(19)20)21-14(17-13)10-6-8-11(9-7-10)18(4)5/h6-9H,1-5H3,(H,19,20). The third kappa shape index (κ3) is 3.07. The summed E-state index contributed by atoms with van der Waals surface area (Å²) in [7, 11) is 3.92. The van der Waals surface area contributed by atoms with Crippen molar-refractivity contribution >= 4 is 11.7 Å². The molecule has 1 aromatic heterocycles. The van der Waals surface area contributed by atoms with E-state index < -0.39 is 5.97 Å². The Kier molecular flexibility index (Phi) is 3.77. The van der Waals surface area contributed by atoms with Gasteiger partial charge in [-0.1, -0.05) is 20.8 Å². The van der Waals surface area contributed by atoms with Crippen LogP contribution < -0.4 is 4.90 Å². The largest absolute Gasteiger partial charge is 0.475 e. The molecule has 0 aliphatic heterocycles. The molecule has 0 aliphatic carbocycles. The van der Waals surface area contributed by atoms with E-state index in [1.165, 1.54) is 0 Å². The first-order valence-corrected chi connectivity index (χ1v) is 6.72. The highest BCUT2D eigenvalue weighted by Crippen LogP contribution is 2.30. The Labute approximate surface area is 124 Å². The van der Waals surface area contributed by atoms with E-state index in [0.29, 0.717) is 11.6 Å². The molecule has 2 aromatic rings. The Morgan fingerprint density at radius 3 is 2.14 bits per heavy atom. The number of aromatic nitrogens is 1. The summed E-state index contributed by atoms with van der Waals surface area (Å²) in [6, 6.07) is 7.63. The number of carbonyl (C=O) groups is 1. The van der Waals surface area contributed by atoms with Crippen LogP contribution in [0.15, 0.2) is 28.7 Å². The maximum Gasteiger partial charge on any atom is 0.373 e. The number of anilines is 1. The van der Waals surface area contributed by atoms with Crippen LogP contribution in [0, 0.1) is 0 Å². The normalized spacial score (nSPS) is 11.5. The summed E-state index contributed by atoms with van der Waals surface area (Å²) < 4.78 is 5.46. The topological polar surface area (TPSA) is 66.6 Å². The van der Waals surface area contributed by atoms with Crippen molar-refractivity contribution in [1.82, 2.24) is 4.98 Å². The zero-order valence-electron chi connectivity index (χ0n) is 13.0. The fourth-order valence-corrected chi connectivity index (χ4v) is 2.00. The molecule has 0 saturated carbocycles. The smallest absolute Gasteiger partial charge is 0.373 e. The van der Waals surface area contributed by atoms with Crippen LogP contribution in [0.25, 0.3) is 11.5 Å². The lowest BCUT2D eigenvalue weighted by Gasteiger charge is -2.14. The highest BCUT2D eigenvalue weighted by atomic mass is 16.4. The van der Waals surface area contributed by atoms with Crippen LogP contribution in [0.2, 0.25) is 0 Å². The van der Waals surface area contributed by atoms with Crippen LogP contribution >= 0.6 is 0 Å². The molecule has 0 aliphatic rings. The molecule has 2 rings (SSSR count). The summed E-state index contributed by atoms with van der Waals surface area (Å²) in [5.41, 5.74) is 1.89. The highest BCUT2D eigenvalue weighted by Gasteiger charge is 2.29. The number of hydrogen-bond donors (Lipinski definition) is 1. The van der Waals surface area contributed by atoms with Crippen LogP contribution in [0.4, 0.5) is 5.69 Å². The fourth-order valence-electron chi connectivity index (χ4n) is 2.00. The van der Waals surface area contributed by atoms with Crippen molar-refractivity contribution in [1.29, 1.82) is 0 Å². The number of rotatable bonds is 3. The summed E-state index contributed by atoms with van der Waals surface area (Å²) in [4.78, 5) is 17.7. The number of benzene rings is 1. The van der Waals surface area contributed by atoms with E-state index >= 15 is 0 Å². The van der Waals surface area contributed by atoms with E-state index in [1.54, 1.807) is 0 Å². The van der Waals surface area contributed by atoms with E-state index in [-0.39, 0.29) is 11.2 Å². The molecule has 0 atom stereocenters. The Hall–Kier alpha value is -2.30. The Bertz CT molecular complexity index is 649. The third-order valence-electron chi connectivity index (χ3n) is 3.16. The number of hydrogen-bond acceptors (Lipinski definition) is 4. The van der Waals surface area contributed by atoms with Gasteiger partial charge in [0, 0.05) is 30.8 Å². The molecule has 0 bridgehead atoms. The quantitative estimate of drug-likeness (QED) is 0.937. The van der Waals surface area contributed by atoms with E-state index in [9.17, 15) is 9.90 Å². The van der Waals surface area contributed by atoms with Crippen LogP contribution in [0.1, 0.15) is 37.0 Å². The molecular weight excluding hydrogens is 268 g/mol. The summed E-state index contributed by atoms with van der Waals surface area (Å²) >= 11 is 0. The predicted octanol–water partition coefficient (Wildman–Crippen LogP) is 3.40. The minimum Gasteiger partial charge on any atom is -0.475 e. The van der Waals surface area contributed by atoms with Crippen LogP contribution in [0.3, 0.4) is 0 Å². The van der Waals surface area contributed by atoms with Gasteiger partial charge in [0.1, 0.15) is 5.69 Å². The van der Waals surface area contributed by atoms with E-state index in [0.717, 1.165) is 11.3 Å². The van der Waals surface area contributed by atoms with Gasteiger partial charge in [-0.15, -0.1) is 0 Å². The second-order valence-electron chi connectivity index (χ2n) is 6.19. The Morgan fingerprint density at radius 1 is 1.19 bits per heavy atom. The minimum absolute atomic E-state index is 0.0887. The molecule has 0 spiro atoms. The van der Waals surface area contributed by atoms with Gasteiger partial charge in [0.25, 0.3) is 0 Å². The molecule has 0 amide bonds. The summed E-state index contributed by atoms with van der Waals surface area (Å²) in [6.07, 6.45) is 0. The molecule has 0 saturated heterocycles. The van der Waals surface area contributed by atoms with Gasteiger partial charge in [-0.05, 0) is 24.3 Å². The fraction of sp³-hybridized carbons (Fsp3) is 0.375. The molecule has 5 nitrogen and oxygen atoms in total. The third-order valence-corrected chi connectivity index (χ3v) is 3.16. The minimum atomic E-state index is -1.09. The monoisotopic (exact) mass is 288 g/mol. The van der Waals surface area contributed by atoms with E-state index in [1.807, 2.05) is 64.0 Å². The Morgan fingerprint density at radius 2 is 1.76 bits per heavy atom. The molecular formula is C16H20N2O3. The lowest BCUT2D eigenvalue weighted by molar-refractivity contribution is 0.0659. The molecule has 5 heteroatoms. The number of carboxylic acids is 1. The summed E-state index contributed by atoms with van der Waals surface area (Å²) in [5.74, 6) is -0.847. The van der Waals surface area contributed by atoms with Gasteiger partial charge in [-0.2, -0.15) is 0 Å². The van der Waals surface area contributed by atoms with Gasteiger partial charge in [0.15, 0.2) is 0 Å². The molecule has 1 aromatic carbocycles. The van der Waals surface area contributed by atoms with Gasteiger partial charge in [-0.3, -0.25) is 0 Å². The van der Waals surface area contributed by atoms with Gasteiger partial charge < -0.3 is 14.4 Å². The predicted molar refractivity (Wildman–Crippen MR) is 81.9 cm³/mol. The number of carboxylic acid groups (broad SMARTS) is 1. The zero-order chi connectivity index (χ0) is 15.8. The lowest BCUT2D eigenvalue weighted by atomic mass is 9.91. The number of oxazole rings is 1. The number of nitrogens with zero attached hydrogens (tertiary/aromatic N) is 2. The van der Waals surface area contributed by atoms with Gasteiger partial charge in [0.05, 0.1) is 0 Å². The van der Waals surface area contributed by atoms with Crippen molar-refractivity contribution < 1.29 is 14.3 Å². The van der Waals surface area contributed by atoms with Crippen LogP contribution in [-0.4, -0.2) is 30.2 Å². The second-order valence-corrected chi connectivity index (χ2v) is 6.19. The maximum absolute atomic E-state index is 11.3. The SMILES string of the molecule is CN(C)c1ccc(-c2nc(C(C)(C)C)c(C(=O)O)o2)cc1. The molecule has 0 unspecified atom stereocenters. The molecule has 0 fully saturated rings. The first-order valence-electron chi connectivity index (χ1n) is 6.72. The number of aromatic carboxylic acids is 1. The zero-order valence-corrected chi connectivity index (χ0v) is 13.0. The van der Waals surface area contributed by atoms with Crippen LogP contribution in [-0.2, 0) is 5.41 Å². The molecule has 21 heavy (non-hydrogen) atoms. The molecule has 1 N–H and O–H groups in total. The summed E-state index contributed by atoms with van der Waals surface area (Å²) in [6.45, 7) is 5.74. The van der Waals surface area contributed by atoms with Crippen molar-refractivity contribution in [3.05, 3.63) is 35.7 Å². The molecule has 0 radical (unpaired) electrons. The Balaban J connectivity index is 2.47. The average Bonchev–Trinajstić information content (AvgIpc) is 2.84. The summed E-state index contributed by atoms with van der Waals surface area (Å²) in [5, 5.41) is 9.27. The van der Waals surface area contributed by atoms with Crippen molar-refractivity contribution in [2.24, 2.45) is 0 Å². The van der Waals surface area contributed by atoms with Crippen molar-refractivity contribution in [2.45, 2.75) is 26.2 Å². The molecule has 112 valence electrons. The first-order chi connectivity index (χ1) is 9.70. The van der Waals surface area contributed by atoms with Gasteiger partial charge in [-0.25, -0.2) is 9.78 Å². The van der Waals surface area contributed by atoms with E-state index in [2.05, 4.69) is 4.98 Å².